The Labute approximate surface area is 250 Å². The number of hydrogen-bond acceptors (Lipinski definition) is 4. The number of rotatable bonds is 10. The molecule has 2 N–H and O–H groups in total. The molecule has 0 fully saturated rings. The summed E-state index contributed by atoms with van der Waals surface area (Å²) in [6.45, 7) is 0. The highest BCUT2D eigenvalue weighted by Crippen LogP contribution is 2.37. The molecule has 1 aromatic heterocycles. The minimum Gasteiger partial charge on any atom is -0.480 e. The zero-order valence-electron chi connectivity index (χ0n) is 23.2. The van der Waals surface area contributed by atoms with Gasteiger partial charge < -0.3 is 9.52 Å². The lowest BCUT2D eigenvalue weighted by Gasteiger charge is -2.15. The van der Waals surface area contributed by atoms with Crippen molar-refractivity contribution in [3.63, 3.8) is 0 Å². The Hall–Kier alpha value is -4.98. The van der Waals surface area contributed by atoms with E-state index in [9.17, 15) is 18.3 Å². The lowest BCUT2D eigenvalue weighted by molar-refractivity contribution is -0.138. The smallest absolute Gasteiger partial charge is 0.322 e. The van der Waals surface area contributed by atoms with Gasteiger partial charge in [0.1, 0.15) is 17.4 Å². The molecule has 0 radical (unpaired) electrons. The summed E-state index contributed by atoms with van der Waals surface area (Å²) in [5, 5.41) is 10.7. The molecular weight excluding hydrogens is 558 g/mol. The van der Waals surface area contributed by atoms with Gasteiger partial charge in [-0.2, -0.15) is 4.72 Å². The fourth-order valence-corrected chi connectivity index (χ4v) is 6.45. The number of aliphatic carboxylic acids is 1. The number of furan rings is 1. The van der Waals surface area contributed by atoms with Crippen LogP contribution in [0.2, 0.25) is 0 Å². The first kappa shape index (κ1) is 28.2. The van der Waals surface area contributed by atoms with Gasteiger partial charge >= 0.3 is 5.97 Å². The van der Waals surface area contributed by atoms with Crippen LogP contribution in [0.3, 0.4) is 0 Å². The SMILES string of the molecule is O=C(O)C(Cc1ccccc1)NS(=O)(=O)c1ccc(-c2ccc(-c3c(Cc4ccccc4)oc4ccccc34)cc2)cc1. The molecule has 7 heteroatoms. The van der Waals surface area contributed by atoms with Crippen LogP contribution >= 0.6 is 0 Å². The van der Waals surface area contributed by atoms with Gasteiger partial charge in [-0.05, 0) is 52.4 Å². The largest absolute Gasteiger partial charge is 0.480 e. The van der Waals surface area contributed by atoms with Crippen LogP contribution in [-0.2, 0) is 27.7 Å². The minimum atomic E-state index is -4.05. The van der Waals surface area contributed by atoms with Crippen LogP contribution in [0.25, 0.3) is 33.2 Å². The second kappa shape index (κ2) is 12.1. The van der Waals surface area contributed by atoms with Crippen LogP contribution in [0.5, 0.6) is 0 Å². The minimum absolute atomic E-state index is 0.00241. The molecule has 0 saturated heterocycles. The average Bonchev–Trinajstić information content (AvgIpc) is 3.39. The molecule has 1 atom stereocenters. The van der Waals surface area contributed by atoms with Crippen molar-refractivity contribution in [2.75, 3.05) is 0 Å². The average molecular weight is 588 g/mol. The van der Waals surface area contributed by atoms with E-state index in [1.807, 2.05) is 66.7 Å². The van der Waals surface area contributed by atoms with Gasteiger partial charge in [0.25, 0.3) is 0 Å². The van der Waals surface area contributed by atoms with Gasteiger partial charge in [0.05, 0.1) is 4.90 Å². The fourth-order valence-electron chi connectivity index (χ4n) is 5.26. The number of hydrogen-bond donors (Lipinski definition) is 2. The Morgan fingerprint density at radius 2 is 1.21 bits per heavy atom. The molecule has 5 aromatic carbocycles. The number of carboxylic acid groups (broad SMARTS) is 1. The van der Waals surface area contributed by atoms with Crippen LogP contribution in [0.15, 0.2) is 143 Å². The predicted molar refractivity (Wildman–Crippen MR) is 168 cm³/mol. The summed E-state index contributed by atoms with van der Waals surface area (Å²) in [6.07, 6.45) is 0.712. The van der Waals surface area contributed by atoms with E-state index in [1.54, 1.807) is 36.4 Å². The molecule has 0 aliphatic carbocycles. The molecule has 0 bridgehead atoms. The summed E-state index contributed by atoms with van der Waals surface area (Å²) in [4.78, 5) is 11.8. The highest BCUT2D eigenvalue weighted by molar-refractivity contribution is 7.89. The van der Waals surface area contributed by atoms with E-state index in [2.05, 4.69) is 22.9 Å². The molecule has 43 heavy (non-hydrogen) atoms. The van der Waals surface area contributed by atoms with Gasteiger partial charge in [-0.3, -0.25) is 4.79 Å². The zero-order chi connectivity index (χ0) is 29.8. The molecule has 0 spiro atoms. The van der Waals surface area contributed by atoms with E-state index in [0.717, 1.165) is 44.5 Å². The van der Waals surface area contributed by atoms with Gasteiger partial charge in [-0.1, -0.05) is 115 Å². The third-order valence-electron chi connectivity index (χ3n) is 7.43. The quantitative estimate of drug-likeness (QED) is 0.175. The van der Waals surface area contributed by atoms with Crippen molar-refractivity contribution in [3.05, 3.63) is 150 Å². The van der Waals surface area contributed by atoms with E-state index in [0.29, 0.717) is 6.42 Å². The van der Waals surface area contributed by atoms with Crippen molar-refractivity contribution in [1.29, 1.82) is 0 Å². The first-order valence-corrected chi connectivity index (χ1v) is 15.4. The Kier molecular flexibility index (Phi) is 7.92. The standard InChI is InChI=1S/C36H29NO5S/c38-36(39)32(23-25-9-3-1-4-10-25)37-43(40,41)30-21-19-28(20-22-30)27-15-17-29(18-16-27)35-31-13-7-8-14-33(31)42-34(35)24-26-11-5-2-6-12-26/h1-22,32,37H,23-24H2,(H,38,39). The first-order chi connectivity index (χ1) is 20.9. The number of benzene rings is 5. The molecular formula is C36H29NO5S. The summed E-state index contributed by atoms with van der Waals surface area (Å²) in [5.74, 6) is -0.337. The maximum Gasteiger partial charge on any atom is 0.322 e. The Morgan fingerprint density at radius 1 is 0.674 bits per heavy atom. The third-order valence-corrected chi connectivity index (χ3v) is 8.91. The highest BCUT2D eigenvalue weighted by Gasteiger charge is 2.26. The molecule has 0 aliphatic heterocycles. The van der Waals surface area contributed by atoms with E-state index in [1.165, 1.54) is 17.7 Å². The van der Waals surface area contributed by atoms with Gasteiger partial charge in [0.15, 0.2) is 0 Å². The third kappa shape index (κ3) is 6.28. The number of sulfonamides is 1. The summed E-state index contributed by atoms with van der Waals surface area (Å²) in [5.41, 5.74) is 6.58. The molecule has 1 unspecified atom stereocenters. The first-order valence-electron chi connectivity index (χ1n) is 13.9. The molecule has 0 amide bonds. The van der Waals surface area contributed by atoms with Crippen molar-refractivity contribution in [3.8, 4) is 22.3 Å². The van der Waals surface area contributed by atoms with Crippen molar-refractivity contribution < 1.29 is 22.7 Å². The van der Waals surface area contributed by atoms with Crippen molar-refractivity contribution in [2.24, 2.45) is 0 Å². The number of fused-ring (bicyclic) bond motifs is 1. The number of carbonyl (C=O) groups is 1. The molecule has 6 nitrogen and oxygen atoms in total. The molecule has 0 aliphatic rings. The topological polar surface area (TPSA) is 96.6 Å². The molecule has 0 saturated carbocycles. The fraction of sp³-hybridized carbons (Fsp3) is 0.0833. The lowest BCUT2D eigenvalue weighted by Crippen LogP contribution is -2.42. The van der Waals surface area contributed by atoms with Gasteiger partial charge in [0.2, 0.25) is 10.0 Å². The summed E-state index contributed by atoms with van der Waals surface area (Å²) < 4.78 is 34.7. The van der Waals surface area contributed by atoms with Gasteiger partial charge in [-0.25, -0.2) is 8.42 Å². The maximum absolute atomic E-state index is 13.0. The zero-order valence-corrected chi connectivity index (χ0v) is 24.0. The Bertz CT molecular complexity index is 1970. The second-order valence-corrected chi connectivity index (χ2v) is 12.1. The summed E-state index contributed by atoms with van der Waals surface area (Å²) >= 11 is 0. The number of nitrogens with one attached hydrogen (secondary N) is 1. The van der Waals surface area contributed by atoms with E-state index >= 15 is 0 Å². The Morgan fingerprint density at radius 3 is 1.84 bits per heavy atom. The van der Waals surface area contributed by atoms with Crippen molar-refractivity contribution >= 4 is 27.0 Å². The molecule has 1 heterocycles. The van der Waals surface area contributed by atoms with Crippen molar-refractivity contribution in [1.82, 2.24) is 4.72 Å². The number of carboxylic acids is 1. The highest BCUT2D eigenvalue weighted by atomic mass is 32.2. The van der Waals surface area contributed by atoms with Crippen LogP contribution < -0.4 is 4.72 Å². The normalized spacial score (nSPS) is 12.3. The molecule has 214 valence electrons. The van der Waals surface area contributed by atoms with Crippen LogP contribution in [0.1, 0.15) is 16.9 Å². The molecule has 6 rings (SSSR count). The molecule has 6 aromatic rings. The van der Waals surface area contributed by atoms with Gasteiger partial charge in [0, 0.05) is 17.4 Å². The van der Waals surface area contributed by atoms with Gasteiger partial charge in [-0.15, -0.1) is 0 Å². The van der Waals surface area contributed by atoms with Crippen LogP contribution in [-0.4, -0.2) is 25.5 Å². The van der Waals surface area contributed by atoms with E-state index < -0.39 is 22.0 Å². The lowest BCUT2D eigenvalue weighted by atomic mass is 9.96. The monoisotopic (exact) mass is 587 g/mol. The van der Waals surface area contributed by atoms with Crippen LogP contribution in [0.4, 0.5) is 0 Å². The maximum atomic E-state index is 13.0. The summed E-state index contributed by atoms with van der Waals surface area (Å²) in [7, 11) is -4.05. The van der Waals surface area contributed by atoms with E-state index in [4.69, 9.17) is 4.42 Å². The number of para-hydroxylation sites is 1. The summed E-state index contributed by atoms with van der Waals surface area (Å²) in [6, 6.07) is 40.4. The Balaban J connectivity index is 1.23. The van der Waals surface area contributed by atoms with Crippen molar-refractivity contribution in [2.45, 2.75) is 23.8 Å². The second-order valence-electron chi connectivity index (χ2n) is 10.4. The van der Waals surface area contributed by atoms with Crippen LogP contribution in [0, 0.1) is 0 Å². The predicted octanol–water partition coefficient (Wildman–Crippen LogP) is 7.33. The van der Waals surface area contributed by atoms with E-state index in [-0.39, 0.29) is 11.3 Å².